The number of hydrogen-bond donors (Lipinski definition) is 0. The summed E-state index contributed by atoms with van der Waals surface area (Å²) in [7, 11) is 0. The molecule has 0 N–H and O–H groups in total. The summed E-state index contributed by atoms with van der Waals surface area (Å²) in [6, 6.07) is 8.60. The number of benzene rings is 1. The fourth-order valence-electron chi connectivity index (χ4n) is 2.23. The van der Waals surface area contributed by atoms with Crippen LogP contribution >= 0.6 is 11.8 Å². The summed E-state index contributed by atoms with van der Waals surface area (Å²) in [6.07, 6.45) is 1.61. The zero-order chi connectivity index (χ0) is 15.4. The standard InChI is InChI=1S/C17H19N3S/c1-5-14-15(10-18)17(20-19-16(14)6-2)21-13-8-7-11(3)12(4)9-13/h7-9H,5-6H2,1-4H3. The van der Waals surface area contributed by atoms with Gasteiger partial charge in [-0.3, -0.25) is 0 Å². The molecule has 4 heteroatoms. The molecule has 0 aliphatic rings. The molecule has 0 unspecified atom stereocenters. The van der Waals surface area contributed by atoms with Crippen LogP contribution < -0.4 is 0 Å². The van der Waals surface area contributed by atoms with Crippen molar-refractivity contribution in [2.75, 3.05) is 0 Å². The molecule has 0 radical (unpaired) electrons. The maximum atomic E-state index is 9.50. The zero-order valence-electron chi connectivity index (χ0n) is 12.9. The maximum Gasteiger partial charge on any atom is 0.142 e. The predicted octanol–water partition coefficient (Wildman–Crippen LogP) is 4.24. The fourth-order valence-corrected chi connectivity index (χ4v) is 3.18. The molecular weight excluding hydrogens is 278 g/mol. The second-order valence-corrected chi connectivity index (χ2v) is 6.03. The van der Waals surface area contributed by atoms with E-state index in [0.29, 0.717) is 10.6 Å². The van der Waals surface area contributed by atoms with Crippen molar-refractivity contribution in [3.05, 3.63) is 46.1 Å². The minimum atomic E-state index is 0.674. The van der Waals surface area contributed by atoms with Crippen LogP contribution in [0, 0.1) is 25.2 Å². The van der Waals surface area contributed by atoms with E-state index in [0.717, 1.165) is 29.0 Å². The van der Waals surface area contributed by atoms with Crippen molar-refractivity contribution in [2.45, 2.75) is 50.5 Å². The lowest BCUT2D eigenvalue weighted by Gasteiger charge is -2.10. The minimum Gasteiger partial charge on any atom is -0.192 e. The molecule has 1 heterocycles. The molecule has 0 aliphatic carbocycles. The lowest BCUT2D eigenvalue weighted by Crippen LogP contribution is -2.04. The van der Waals surface area contributed by atoms with Gasteiger partial charge < -0.3 is 0 Å². The van der Waals surface area contributed by atoms with Crippen molar-refractivity contribution in [1.29, 1.82) is 5.26 Å². The number of rotatable bonds is 4. The summed E-state index contributed by atoms with van der Waals surface area (Å²) < 4.78 is 0. The Morgan fingerprint density at radius 2 is 1.86 bits per heavy atom. The lowest BCUT2D eigenvalue weighted by molar-refractivity contribution is 0.818. The Bertz CT molecular complexity index is 702. The van der Waals surface area contributed by atoms with E-state index in [-0.39, 0.29) is 0 Å². The number of aryl methyl sites for hydroxylation is 3. The van der Waals surface area contributed by atoms with Crippen LogP contribution in [0.2, 0.25) is 0 Å². The van der Waals surface area contributed by atoms with Crippen molar-refractivity contribution >= 4 is 11.8 Å². The molecule has 0 amide bonds. The molecule has 0 saturated heterocycles. The third kappa shape index (κ3) is 3.25. The molecule has 0 fully saturated rings. The van der Waals surface area contributed by atoms with Crippen molar-refractivity contribution in [3.63, 3.8) is 0 Å². The van der Waals surface area contributed by atoms with E-state index in [1.54, 1.807) is 0 Å². The van der Waals surface area contributed by atoms with Gasteiger partial charge in [-0.05, 0) is 55.5 Å². The molecule has 0 spiro atoms. The number of aromatic nitrogens is 2. The summed E-state index contributed by atoms with van der Waals surface area (Å²) in [5, 5.41) is 18.8. The number of nitriles is 1. The van der Waals surface area contributed by atoms with E-state index in [9.17, 15) is 5.26 Å². The largest absolute Gasteiger partial charge is 0.192 e. The quantitative estimate of drug-likeness (QED) is 0.847. The highest BCUT2D eigenvalue weighted by Gasteiger charge is 2.15. The van der Waals surface area contributed by atoms with Crippen LogP contribution in [0.5, 0.6) is 0 Å². The van der Waals surface area contributed by atoms with Crippen LogP contribution in [0.25, 0.3) is 0 Å². The van der Waals surface area contributed by atoms with Crippen LogP contribution in [0.3, 0.4) is 0 Å². The van der Waals surface area contributed by atoms with Gasteiger partial charge in [-0.2, -0.15) is 10.4 Å². The average molecular weight is 297 g/mol. The summed E-state index contributed by atoms with van der Waals surface area (Å²) in [5.74, 6) is 0. The van der Waals surface area contributed by atoms with Crippen LogP contribution in [-0.4, -0.2) is 10.2 Å². The van der Waals surface area contributed by atoms with Gasteiger partial charge in [0.05, 0.1) is 11.3 Å². The molecule has 0 saturated carbocycles. The van der Waals surface area contributed by atoms with E-state index in [1.165, 1.54) is 22.9 Å². The van der Waals surface area contributed by atoms with Gasteiger partial charge in [-0.1, -0.05) is 31.7 Å². The SMILES string of the molecule is CCc1nnc(Sc2ccc(C)c(C)c2)c(C#N)c1CC. The van der Waals surface area contributed by atoms with Crippen LogP contribution in [0.15, 0.2) is 28.1 Å². The van der Waals surface area contributed by atoms with Gasteiger partial charge in [-0.15, -0.1) is 5.10 Å². The topological polar surface area (TPSA) is 49.6 Å². The fraction of sp³-hybridized carbons (Fsp3) is 0.353. The van der Waals surface area contributed by atoms with Gasteiger partial charge in [0.2, 0.25) is 0 Å². The van der Waals surface area contributed by atoms with Crippen LogP contribution in [0.1, 0.15) is 41.8 Å². The molecular formula is C17H19N3S. The molecule has 1 aromatic heterocycles. The molecule has 3 nitrogen and oxygen atoms in total. The van der Waals surface area contributed by atoms with Gasteiger partial charge in [0.1, 0.15) is 11.1 Å². The van der Waals surface area contributed by atoms with E-state index in [4.69, 9.17) is 0 Å². The molecule has 0 atom stereocenters. The van der Waals surface area contributed by atoms with Crippen molar-refractivity contribution < 1.29 is 0 Å². The second-order valence-electron chi connectivity index (χ2n) is 4.97. The summed E-state index contributed by atoms with van der Waals surface area (Å²) in [6.45, 7) is 8.28. The first-order chi connectivity index (χ1) is 10.1. The van der Waals surface area contributed by atoms with Crippen molar-refractivity contribution in [2.24, 2.45) is 0 Å². The third-order valence-electron chi connectivity index (χ3n) is 3.62. The molecule has 108 valence electrons. The first kappa shape index (κ1) is 15.5. The second kappa shape index (κ2) is 6.73. The van der Waals surface area contributed by atoms with E-state index >= 15 is 0 Å². The molecule has 2 rings (SSSR count). The highest BCUT2D eigenvalue weighted by atomic mass is 32.2. The Balaban J connectivity index is 2.44. The number of nitrogens with zero attached hydrogens (tertiary/aromatic N) is 3. The highest BCUT2D eigenvalue weighted by Crippen LogP contribution is 2.31. The summed E-state index contributed by atoms with van der Waals surface area (Å²) in [4.78, 5) is 1.09. The van der Waals surface area contributed by atoms with Gasteiger partial charge in [0, 0.05) is 4.90 Å². The smallest absolute Gasteiger partial charge is 0.142 e. The number of hydrogen-bond acceptors (Lipinski definition) is 4. The van der Waals surface area contributed by atoms with Gasteiger partial charge >= 0.3 is 0 Å². The van der Waals surface area contributed by atoms with Gasteiger partial charge in [0.25, 0.3) is 0 Å². The Kier molecular flexibility index (Phi) is 4.98. The normalized spacial score (nSPS) is 10.4. The van der Waals surface area contributed by atoms with Gasteiger partial charge in [0.15, 0.2) is 0 Å². The minimum absolute atomic E-state index is 0.674. The summed E-state index contributed by atoms with van der Waals surface area (Å²) >= 11 is 1.51. The Hall–Kier alpha value is -1.86. The molecule has 0 aliphatic heterocycles. The van der Waals surface area contributed by atoms with E-state index in [1.807, 2.05) is 6.92 Å². The molecule has 1 aromatic carbocycles. The third-order valence-corrected chi connectivity index (χ3v) is 4.59. The first-order valence-corrected chi connectivity index (χ1v) is 7.95. The van der Waals surface area contributed by atoms with E-state index in [2.05, 4.69) is 55.2 Å². The molecule has 21 heavy (non-hydrogen) atoms. The molecule has 0 bridgehead atoms. The van der Waals surface area contributed by atoms with Gasteiger partial charge in [-0.25, -0.2) is 0 Å². The van der Waals surface area contributed by atoms with Crippen molar-refractivity contribution in [3.8, 4) is 6.07 Å². The molecule has 2 aromatic rings. The van der Waals surface area contributed by atoms with Crippen LogP contribution in [0.4, 0.5) is 0 Å². The monoisotopic (exact) mass is 297 g/mol. The Labute approximate surface area is 130 Å². The Morgan fingerprint density at radius 3 is 2.43 bits per heavy atom. The Morgan fingerprint density at radius 1 is 1.10 bits per heavy atom. The van der Waals surface area contributed by atoms with Crippen LogP contribution in [-0.2, 0) is 12.8 Å². The predicted molar refractivity (Wildman–Crippen MR) is 85.5 cm³/mol. The van der Waals surface area contributed by atoms with Crippen molar-refractivity contribution in [1.82, 2.24) is 10.2 Å². The maximum absolute atomic E-state index is 9.50. The zero-order valence-corrected chi connectivity index (χ0v) is 13.7. The van der Waals surface area contributed by atoms with E-state index < -0.39 is 0 Å². The highest BCUT2D eigenvalue weighted by molar-refractivity contribution is 7.99. The average Bonchev–Trinajstić information content (AvgIpc) is 2.50. The first-order valence-electron chi connectivity index (χ1n) is 7.14. The lowest BCUT2D eigenvalue weighted by atomic mass is 10.1. The summed E-state index contributed by atoms with van der Waals surface area (Å²) in [5.41, 5.74) is 5.14.